The summed E-state index contributed by atoms with van der Waals surface area (Å²) in [7, 11) is 4.27. The number of rotatable bonds is 7. The Morgan fingerprint density at radius 2 is 1.58 bits per heavy atom. The van der Waals surface area contributed by atoms with Crippen molar-refractivity contribution in [2.24, 2.45) is 0 Å². The molecule has 0 heterocycles. The molecule has 0 unspecified atom stereocenters. The number of hydrogen-bond acceptors (Lipinski definition) is 2. The Labute approximate surface area is 77.5 Å². The molecule has 0 fully saturated rings. The summed E-state index contributed by atoms with van der Waals surface area (Å²) in [4.78, 5) is 4.76. The van der Waals surface area contributed by atoms with E-state index in [0.29, 0.717) is 0 Å². The predicted octanol–water partition coefficient (Wildman–Crippen LogP) is 1.67. The van der Waals surface area contributed by atoms with Gasteiger partial charge in [-0.3, -0.25) is 0 Å². The van der Waals surface area contributed by atoms with Crippen LogP contribution in [0.3, 0.4) is 0 Å². The predicted molar refractivity (Wildman–Crippen MR) is 55.6 cm³/mol. The third kappa shape index (κ3) is 6.62. The monoisotopic (exact) mass is 172 g/mol. The average Bonchev–Trinajstić information content (AvgIpc) is 2.05. The van der Waals surface area contributed by atoms with Gasteiger partial charge in [-0.1, -0.05) is 20.3 Å². The molecule has 0 aliphatic rings. The Kier molecular flexibility index (Phi) is 7.51. The average molecular weight is 172 g/mol. The first kappa shape index (κ1) is 11.9. The van der Waals surface area contributed by atoms with Gasteiger partial charge < -0.3 is 9.80 Å². The molecule has 0 atom stereocenters. The standard InChI is InChI=1S/C10H24N2/c1-5-7-8-12(6-2)10-9-11(3)4/h5-10H2,1-4H3. The lowest BCUT2D eigenvalue weighted by Crippen LogP contribution is -2.32. The van der Waals surface area contributed by atoms with E-state index in [0.717, 1.165) is 0 Å². The van der Waals surface area contributed by atoms with Crippen molar-refractivity contribution < 1.29 is 0 Å². The molecule has 12 heavy (non-hydrogen) atoms. The SMILES string of the molecule is CCCCN(CC)CCN(C)C. The largest absolute Gasteiger partial charge is 0.308 e. The number of hydrogen-bond donors (Lipinski definition) is 0. The minimum absolute atomic E-state index is 1.18. The molecule has 0 saturated heterocycles. The molecule has 0 aliphatic carbocycles. The van der Waals surface area contributed by atoms with Gasteiger partial charge in [0.15, 0.2) is 0 Å². The van der Waals surface area contributed by atoms with E-state index in [1.165, 1.54) is 39.0 Å². The molecule has 0 spiro atoms. The first-order valence-corrected chi connectivity index (χ1v) is 5.07. The maximum atomic E-state index is 2.52. The van der Waals surface area contributed by atoms with Gasteiger partial charge in [-0.25, -0.2) is 0 Å². The van der Waals surface area contributed by atoms with Gasteiger partial charge in [-0.15, -0.1) is 0 Å². The second-order valence-electron chi connectivity index (χ2n) is 3.59. The van der Waals surface area contributed by atoms with Crippen LogP contribution in [-0.4, -0.2) is 50.1 Å². The maximum absolute atomic E-state index is 2.52. The second-order valence-corrected chi connectivity index (χ2v) is 3.59. The highest BCUT2D eigenvalue weighted by molar-refractivity contribution is 4.56. The Hall–Kier alpha value is -0.0800. The van der Waals surface area contributed by atoms with E-state index >= 15 is 0 Å². The van der Waals surface area contributed by atoms with E-state index in [1.54, 1.807) is 0 Å². The smallest absolute Gasteiger partial charge is 0.0109 e. The molecular weight excluding hydrogens is 148 g/mol. The lowest BCUT2D eigenvalue weighted by molar-refractivity contribution is 0.248. The summed E-state index contributed by atoms with van der Waals surface area (Å²) < 4.78 is 0. The van der Waals surface area contributed by atoms with Crippen molar-refractivity contribution in [3.8, 4) is 0 Å². The summed E-state index contributed by atoms with van der Waals surface area (Å²) in [6, 6.07) is 0. The van der Waals surface area contributed by atoms with E-state index in [2.05, 4.69) is 37.7 Å². The van der Waals surface area contributed by atoms with Crippen molar-refractivity contribution >= 4 is 0 Å². The zero-order chi connectivity index (χ0) is 9.40. The Morgan fingerprint density at radius 1 is 0.917 bits per heavy atom. The van der Waals surface area contributed by atoms with Crippen molar-refractivity contribution in [3.63, 3.8) is 0 Å². The molecule has 0 aromatic carbocycles. The molecule has 0 radical (unpaired) electrons. The van der Waals surface area contributed by atoms with Crippen LogP contribution >= 0.6 is 0 Å². The van der Waals surface area contributed by atoms with Gasteiger partial charge in [-0.05, 0) is 33.6 Å². The fourth-order valence-electron chi connectivity index (χ4n) is 1.15. The molecule has 0 rings (SSSR count). The quantitative estimate of drug-likeness (QED) is 0.576. The Bertz CT molecular complexity index is 91.8. The van der Waals surface area contributed by atoms with Crippen LogP contribution in [0.5, 0.6) is 0 Å². The fraction of sp³-hybridized carbons (Fsp3) is 1.00. The molecule has 0 aromatic heterocycles. The van der Waals surface area contributed by atoms with Crippen LogP contribution in [0.2, 0.25) is 0 Å². The molecule has 2 heteroatoms. The van der Waals surface area contributed by atoms with E-state index in [1.807, 2.05) is 0 Å². The Balaban J connectivity index is 3.39. The van der Waals surface area contributed by atoms with Crippen LogP contribution in [0.15, 0.2) is 0 Å². The first-order valence-electron chi connectivity index (χ1n) is 5.07. The minimum atomic E-state index is 1.18. The molecule has 0 aliphatic heterocycles. The number of unbranched alkanes of at least 4 members (excludes halogenated alkanes) is 1. The van der Waals surface area contributed by atoms with Crippen LogP contribution in [0.1, 0.15) is 26.7 Å². The number of likely N-dealkylation sites (N-methyl/N-ethyl adjacent to an activating group) is 2. The van der Waals surface area contributed by atoms with Crippen molar-refractivity contribution in [1.29, 1.82) is 0 Å². The maximum Gasteiger partial charge on any atom is 0.0109 e. The van der Waals surface area contributed by atoms with E-state index in [-0.39, 0.29) is 0 Å². The van der Waals surface area contributed by atoms with Crippen molar-refractivity contribution in [2.45, 2.75) is 26.7 Å². The summed E-state index contributed by atoms with van der Waals surface area (Å²) in [5, 5.41) is 0. The van der Waals surface area contributed by atoms with Crippen LogP contribution in [0, 0.1) is 0 Å². The molecule has 0 aromatic rings. The van der Waals surface area contributed by atoms with E-state index < -0.39 is 0 Å². The van der Waals surface area contributed by atoms with Gasteiger partial charge in [0, 0.05) is 13.1 Å². The minimum Gasteiger partial charge on any atom is -0.308 e. The third-order valence-corrected chi connectivity index (χ3v) is 2.14. The van der Waals surface area contributed by atoms with E-state index in [9.17, 15) is 0 Å². The van der Waals surface area contributed by atoms with Crippen LogP contribution in [0.4, 0.5) is 0 Å². The zero-order valence-electron chi connectivity index (χ0n) is 9.14. The molecular formula is C10H24N2. The van der Waals surface area contributed by atoms with Gasteiger partial charge >= 0.3 is 0 Å². The highest BCUT2D eigenvalue weighted by atomic mass is 15.2. The van der Waals surface area contributed by atoms with Crippen LogP contribution < -0.4 is 0 Å². The van der Waals surface area contributed by atoms with Crippen molar-refractivity contribution in [1.82, 2.24) is 9.80 Å². The topological polar surface area (TPSA) is 6.48 Å². The summed E-state index contributed by atoms with van der Waals surface area (Å²) >= 11 is 0. The highest BCUT2D eigenvalue weighted by Gasteiger charge is 2.00. The lowest BCUT2D eigenvalue weighted by atomic mass is 10.3. The summed E-state index contributed by atoms with van der Waals surface area (Å²) in [5.74, 6) is 0. The third-order valence-electron chi connectivity index (χ3n) is 2.14. The fourth-order valence-corrected chi connectivity index (χ4v) is 1.15. The normalized spacial score (nSPS) is 11.5. The van der Waals surface area contributed by atoms with Crippen molar-refractivity contribution in [3.05, 3.63) is 0 Å². The Morgan fingerprint density at radius 3 is 2.00 bits per heavy atom. The van der Waals surface area contributed by atoms with Crippen LogP contribution in [-0.2, 0) is 0 Å². The highest BCUT2D eigenvalue weighted by Crippen LogP contribution is 1.94. The molecule has 0 amide bonds. The van der Waals surface area contributed by atoms with Crippen molar-refractivity contribution in [2.75, 3.05) is 40.3 Å². The molecule has 0 saturated carbocycles. The molecule has 0 N–H and O–H groups in total. The zero-order valence-corrected chi connectivity index (χ0v) is 9.14. The van der Waals surface area contributed by atoms with Gasteiger partial charge in [0.1, 0.15) is 0 Å². The summed E-state index contributed by atoms with van der Waals surface area (Å²) in [5.41, 5.74) is 0. The number of nitrogens with zero attached hydrogens (tertiary/aromatic N) is 2. The van der Waals surface area contributed by atoms with Gasteiger partial charge in [0.25, 0.3) is 0 Å². The summed E-state index contributed by atoms with van der Waals surface area (Å²) in [6.07, 6.45) is 2.64. The van der Waals surface area contributed by atoms with E-state index in [4.69, 9.17) is 0 Å². The van der Waals surface area contributed by atoms with Gasteiger partial charge in [-0.2, -0.15) is 0 Å². The first-order chi connectivity index (χ1) is 5.70. The second kappa shape index (κ2) is 7.56. The molecule has 2 nitrogen and oxygen atoms in total. The van der Waals surface area contributed by atoms with Gasteiger partial charge in [0.2, 0.25) is 0 Å². The molecule has 0 bridgehead atoms. The van der Waals surface area contributed by atoms with Gasteiger partial charge in [0.05, 0.1) is 0 Å². The molecule has 74 valence electrons. The van der Waals surface area contributed by atoms with Crippen LogP contribution in [0.25, 0.3) is 0 Å². The lowest BCUT2D eigenvalue weighted by Gasteiger charge is -2.21. The summed E-state index contributed by atoms with van der Waals surface area (Å²) in [6.45, 7) is 9.33.